The van der Waals surface area contributed by atoms with E-state index in [0.29, 0.717) is 72.6 Å². The van der Waals surface area contributed by atoms with Crippen LogP contribution in [0.3, 0.4) is 0 Å². The molecular formula is C55H61N5O10. The Kier molecular flexibility index (Phi) is 16.3. The highest BCUT2D eigenvalue weighted by Crippen LogP contribution is 2.34. The molecule has 6 aromatic rings. The Hall–Kier alpha value is -7.04. The van der Waals surface area contributed by atoms with Crippen LogP contribution in [0.1, 0.15) is 70.0 Å². The monoisotopic (exact) mass is 951 g/mol. The number of H-pyrrole nitrogens is 1. The Bertz CT molecular complexity index is 2790. The number of nitrogens with zero attached hydrogens (tertiary/aromatic N) is 2. The number of pyridine rings is 1. The van der Waals surface area contributed by atoms with E-state index in [2.05, 4.69) is 32.7 Å². The van der Waals surface area contributed by atoms with Crippen molar-refractivity contribution in [1.29, 1.82) is 0 Å². The van der Waals surface area contributed by atoms with Gasteiger partial charge in [-0.3, -0.25) is 19.3 Å². The van der Waals surface area contributed by atoms with E-state index >= 15 is 0 Å². The first-order valence-corrected chi connectivity index (χ1v) is 23.9. The summed E-state index contributed by atoms with van der Waals surface area (Å²) in [6, 6.07) is 36.8. The third-order valence-electron chi connectivity index (χ3n) is 13.5. The Balaban J connectivity index is 0.780. The van der Waals surface area contributed by atoms with Crippen LogP contribution in [0.5, 0.6) is 17.2 Å². The first-order valence-electron chi connectivity index (χ1n) is 23.9. The van der Waals surface area contributed by atoms with Crippen LogP contribution < -0.4 is 25.7 Å². The van der Waals surface area contributed by atoms with E-state index in [9.17, 15) is 34.5 Å². The van der Waals surface area contributed by atoms with E-state index in [-0.39, 0.29) is 65.8 Å². The Labute approximate surface area is 407 Å². The maximum Gasteiger partial charge on any atom is 0.347 e. The van der Waals surface area contributed by atoms with Crippen molar-refractivity contribution >= 4 is 28.7 Å². The summed E-state index contributed by atoms with van der Waals surface area (Å²) in [5.41, 5.74) is 1.48. The number of aromatic hydroxyl groups is 1. The van der Waals surface area contributed by atoms with Crippen molar-refractivity contribution in [2.24, 2.45) is 11.8 Å². The van der Waals surface area contributed by atoms with Crippen LogP contribution in [0, 0.1) is 11.8 Å². The molecule has 3 heterocycles. The summed E-state index contributed by atoms with van der Waals surface area (Å²) in [6.07, 6.45) is 2.22. The molecule has 0 saturated carbocycles. The summed E-state index contributed by atoms with van der Waals surface area (Å²) in [4.78, 5) is 59.1. The molecule has 1 unspecified atom stereocenters. The fourth-order valence-corrected chi connectivity index (χ4v) is 9.34. The van der Waals surface area contributed by atoms with Gasteiger partial charge >= 0.3 is 5.97 Å². The number of phenolic OH excluding ortho intramolecular Hbond substituents is 1. The summed E-state index contributed by atoms with van der Waals surface area (Å²) in [7, 11) is 1.53. The van der Waals surface area contributed by atoms with E-state index in [0.717, 1.165) is 38.0 Å². The SMILES string of the molecule is COc1cc(C(=O)NCC2CCN(C(=O)COc3cccc(C(O)(C(=O)OCC4CCN(Cc5ccccc5)CC4)c4ccccc4)c3)CC2)ccc1CNC[C@H](O)c1ccc(O)c2[nH]c(=O)ccc12. The first kappa shape index (κ1) is 49.4. The average Bonchev–Trinajstić information content (AvgIpc) is 3.40. The highest BCUT2D eigenvalue weighted by atomic mass is 16.6. The lowest BCUT2D eigenvalue weighted by Gasteiger charge is -2.33. The number of benzene rings is 5. The summed E-state index contributed by atoms with van der Waals surface area (Å²) in [5, 5.41) is 40.1. The molecule has 2 fully saturated rings. The van der Waals surface area contributed by atoms with Crippen molar-refractivity contribution in [3.05, 3.63) is 171 Å². The minimum Gasteiger partial charge on any atom is -0.506 e. The number of aromatic amines is 1. The van der Waals surface area contributed by atoms with Crippen molar-refractivity contribution in [3.63, 3.8) is 0 Å². The molecule has 2 amide bonds. The molecule has 70 heavy (non-hydrogen) atoms. The van der Waals surface area contributed by atoms with Crippen LogP contribution in [-0.4, -0.2) is 107 Å². The van der Waals surface area contributed by atoms with Gasteiger partial charge in [-0.05, 0) is 104 Å². The predicted molar refractivity (Wildman–Crippen MR) is 264 cm³/mol. The number of piperidine rings is 2. The number of hydrogen-bond acceptors (Lipinski definition) is 12. The first-order chi connectivity index (χ1) is 34.0. The van der Waals surface area contributed by atoms with Gasteiger partial charge in [-0.2, -0.15) is 0 Å². The molecule has 5 aromatic carbocycles. The molecule has 0 bridgehead atoms. The molecule has 2 atom stereocenters. The van der Waals surface area contributed by atoms with E-state index in [4.69, 9.17) is 14.2 Å². The third-order valence-corrected chi connectivity index (χ3v) is 13.5. The minimum atomic E-state index is -2.10. The zero-order valence-corrected chi connectivity index (χ0v) is 39.3. The van der Waals surface area contributed by atoms with E-state index in [1.165, 1.54) is 24.8 Å². The van der Waals surface area contributed by atoms with Crippen molar-refractivity contribution in [1.82, 2.24) is 25.4 Å². The van der Waals surface area contributed by atoms with Gasteiger partial charge in [0, 0.05) is 67.4 Å². The number of nitrogens with one attached hydrogen (secondary N) is 3. The van der Waals surface area contributed by atoms with Crippen LogP contribution in [0.15, 0.2) is 132 Å². The third kappa shape index (κ3) is 12.0. The van der Waals surface area contributed by atoms with Gasteiger partial charge in [0.2, 0.25) is 11.2 Å². The second-order valence-electron chi connectivity index (χ2n) is 18.2. The highest BCUT2D eigenvalue weighted by Gasteiger charge is 2.42. The van der Waals surface area contributed by atoms with Gasteiger partial charge in [-0.15, -0.1) is 0 Å². The quantitative estimate of drug-likeness (QED) is 0.0534. The number of aromatic nitrogens is 1. The summed E-state index contributed by atoms with van der Waals surface area (Å²) >= 11 is 0. The zero-order valence-electron chi connectivity index (χ0n) is 39.3. The molecule has 2 aliphatic heterocycles. The Morgan fingerprint density at radius 3 is 2.27 bits per heavy atom. The van der Waals surface area contributed by atoms with Gasteiger partial charge in [0.05, 0.1) is 25.3 Å². The van der Waals surface area contributed by atoms with Crippen molar-refractivity contribution in [2.45, 2.75) is 50.5 Å². The molecule has 0 aliphatic carbocycles. The van der Waals surface area contributed by atoms with Crippen molar-refractivity contribution in [2.75, 3.05) is 59.6 Å². The molecule has 0 spiro atoms. The lowest BCUT2D eigenvalue weighted by atomic mass is 9.86. The maximum atomic E-state index is 13.9. The molecule has 6 N–H and O–H groups in total. The van der Waals surface area contributed by atoms with Crippen LogP contribution >= 0.6 is 0 Å². The van der Waals surface area contributed by atoms with Crippen LogP contribution in [-0.2, 0) is 33.0 Å². The number of carbonyl (C=O) groups excluding carboxylic acids is 3. The Morgan fingerprint density at radius 1 is 0.814 bits per heavy atom. The number of carbonyl (C=O) groups is 3. The number of amides is 2. The lowest BCUT2D eigenvalue weighted by Crippen LogP contribution is -2.43. The number of ether oxygens (including phenoxy) is 3. The number of likely N-dealkylation sites (tertiary alicyclic amines) is 2. The fourth-order valence-electron chi connectivity index (χ4n) is 9.34. The average molecular weight is 952 g/mol. The smallest absolute Gasteiger partial charge is 0.347 e. The number of esters is 1. The molecule has 366 valence electrons. The van der Waals surface area contributed by atoms with Gasteiger partial charge < -0.3 is 50.0 Å². The minimum absolute atomic E-state index is 0.0827. The summed E-state index contributed by atoms with van der Waals surface area (Å²) in [5.74, 6) is -0.109. The molecule has 1 aromatic heterocycles. The zero-order chi connectivity index (χ0) is 49.0. The van der Waals surface area contributed by atoms with E-state index in [1.54, 1.807) is 83.8 Å². The standard InChI is InChI=1S/C55H61N5O10/c1-68-49-29-40(15-16-41(49)32-56-33-48(62)45-17-19-47(61)52-46(45)18-20-50(63)58-52)53(65)57-31-37-23-27-60(28-24-37)51(64)36-69-44-14-8-13-43(30-44)55(67,42-11-6-3-7-12-42)54(66)70-35-39-21-25-59(26-22-39)34-38-9-4-2-5-10-38/h2-20,29-30,37,39,48,56,61-62,67H,21-28,31-36H2,1H3,(H,57,65)(H,58,63)/t48-,55?/m0/s1. The summed E-state index contributed by atoms with van der Waals surface area (Å²) in [6.45, 7) is 4.61. The molecule has 2 saturated heterocycles. The van der Waals surface area contributed by atoms with E-state index in [1.807, 2.05) is 24.3 Å². The second kappa shape index (κ2) is 23.0. The van der Waals surface area contributed by atoms with Crippen LogP contribution in [0.2, 0.25) is 0 Å². The lowest BCUT2D eigenvalue weighted by molar-refractivity contribution is -0.164. The van der Waals surface area contributed by atoms with Crippen molar-refractivity contribution in [3.8, 4) is 17.2 Å². The molecular weight excluding hydrogens is 891 g/mol. The summed E-state index contributed by atoms with van der Waals surface area (Å²) < 4.78 is 17.5. The molecule has 15 heteroatoms. The van der Waals surface area contributed by atoms with Gasteiger partial charge in [-0.25, -0.2) is 4.79 Å². The van der Waals surface area contributed by atoms with Gasteiger partial charge in [0.1, 0.15) is 17.2 Å². The van der Waals surface area contributed by atoms with E-state index < -0.39 is 17.7 Å². The second-order valence-corrected chi connectivity index (χ2v) is 18.2. The number of fused-ring (bicyclic) bond motifs is 1. The van der Waals surface area contributed by atoms with Gasteiger partial charge in [0.25, 0.3) is 11.8 Å². The number of phenols is 1. The fraction of sp³-hybridized carbons (Fsp3) is 0.345. The van der Waals surface area contributed by atoms with Crippen molar-refractivity contribution < 1.29 is 43.9 Å². The van der Waals surface area contributed by atoms with Crippen LogP contribution in [0.4, 0.5) is 0 Å². The maximum absolute atomic E-state index is 13.9. The largest absolute Gasteiger partial charge is 0.506 e. The predicted octanol–water partition coefficient (Wildman–Crippen LogP) is 5.80. The normalized spacial score (nSPS) is 16.0. The highest BCUT2D eigenvalue weighted by molar-refractivity contribution is 5.94. The molecule has 15 nitrogen and oxygen atoms in total. The molecule has 8 rings (SSSR count). The van der Waals surface area contributed by atoms with Crippen LogP contribution in [0.25, 0.3) is 10.9 Å². The number of aliphatic hydroxyl groups is 2. The topological polar surface area (TPSA) is 203 Å². The number of hydrogen-bond donors (Lipinski definition) is 6. The molecule has 0 radical (unpaired) electrons. The Morgan fingerprint density at radius 2 is 1.53 bits per heavy atom. The molecule has 2 aliphatic rings. The number of aliphatic hydroxyl groups excluding tert-OH is 1. The van der Waals surface area contributed by atoms with Gasteiger partial charge in [-0.1, -0.05) is 84.9 Å². The number of rotatable bonds is 19. The van der Waals surface area contributed by atoms with Gasteiger partial charge in [0.15, 0.2) is 6.61 Å². The number of methoxy groups -OCH3 is 1.